The van der Waals surface area contributed by atoms with E-state index in [1.165, 1.54) is 17.4 Å². The second kappa shape index (κ2) is 5.57. The fraction of sp³-hybridized carbons (Fsp3) is 0.111. The summed E-state index contributed by atoms with van der Waals surface area (Å²) in [5.74, 6) is -0.454. The van der Waals surface area contributed by atoms with Gasteiger partial charge in [-0.05, 0) is 11.4 Å². The maximum atomic E-state index is 11.7. The summed E-state index contributed by atoms with van der Waals surface area (Å²) in [6, 6.07) is 3.11. The molecule has 0 spiro atoms. The van der Waals surface area contributed by atoms with Gasteiger partial charge in [-0.15, -0.1) is 22.7 Å². The summed E-state index contributed by atoms with van der Waals surface area (Å²) < 4.78 is 25.8. The van der Waals surface area contributed by atoms with Crippen LogP contribution in [-0.4, -0.2) is 25.9 Å². The van der Waals surface area contributed by atoms with Crippen LogP contribution >= 0.6 is 22.7 Å². The summed E-state index contributed by atoms with van der Waals surface area (Å²) in [4.78, 5) is 15.3. The van der Waals surface area contributed by atoms with E-state index in [4.69, 9.17) is 0 Å². The lowest BCUT2D eigenvalue weighted by molar-refractivity contribution is -0.115. The summed E-state index contributed by atoms with van der Waals surface area (Å²) in [6.07, 6.45) is 1.55. The minimum Gasteiger partial charge on any atom is -0.301 e. The molecule has 0 aromatic carbocycles. The Morgan fingerprint density at radius 2 is 2.17 bits per heavy atom. The topological polar surface area (TPSA) is 88.2 Å². The van der Waals surface area contributed by atoms with Crippen LogP contribution in [0.25, 0.3) is 0 Å². The molecule has 0 saturated carbocycles. The van der Waals surface area contributed by atoms with Gasteiger partial charge in [-0.3, -0.25) is 4.79 Å². The zero-order valence-corrected chi connectivity index (χ0v) is 11.4. The molecular formula is C9H9N3O3S3. The maximum Gasteiger partial charge on any atom is 0.250 e. The van der Waals surface area contributed by atoms with Crippen LogP contribution in [0.15, 0.2) is 33.3 Å². The number of hydrogen-bond acceptors (Lipinski definition) is 6. The smallest absolute Gasteiger partial charge is 0.250 e. The van der Waals surface area contributed by atoms with E-state index < -0.39 is 15.9 Å². The van der Waals surface area contributed by atoms with Crippen LogP contribution in [0.5, 0.6) is 0 Å². The van der Waals surface area contributed by atoms with Gasteiger partial charge in [0.05, 0.1) is 6.54 Å². The average molecular weight is 303 g/mol. The Balaban J connectivity index is 1.90. The van der Waals surface area contributed by atoms with Crippen molar-refractivity contribution in [1.29, 1.82) is 0 Å². The predicted octanol–water partition coefficient (Wildman–Crippen LogP) is 1.12. The molecule has 0 bridgehead atoms. The van der Waals surface area contributed by atoms with Crippen molar-refractivity contribution >= 4 is 43.7 Å². The van der Waals surface area contributed by atoms with Gasteiger partial charge in [0.2, 0.25) is 5.91 Å². The molecule has 0 aliphatic carbocycles. The predicted molar refractivity (Wildman–Crippen MR) is 70.3 cm³/mol. The van der Waals surface area contributed by atoms with Gasteiger partial charge in [0.1, 0.15) is 4.21 Å². The number of carbonyl (C=O) groups excluding carboxylic acids is 1. The Morgan fingerprint density at radius 3 is 2.78 bits per heavy atom. The molecule has 1 amide bonds. The van der Waals surface area contributed by atoms with Crippen molar-refractivity contribution in [2.45, 2.75) is 4.21 Å². The minimum absolute atomic E-state index is 0.185. The molecule has 2 aromatic heterocycles. The molecular weight excluding hydrogens is 294 g/mol. The molecule has 0 saturated heterocycles. The third-order valence-corrected chi connectivity index (χ3v) is 5.35. The Morgan fingerprint density at radius 1 is 1.33 bits per heavy atom. The molecule has 2 N–H and O–H groups in total. The largest absolute Gasteiger partial charge is 0.301 e. The van der Waals surface area contributed by atoms with Gasteiger partial charge < -0.3 is 5.32 Å². The highest BCUT2D eigenvalue weighted by Gasteiger charge is 2.16. The van der Waals surface area contributed by atoms with E-state index in [1.807, 2.05) is 0 Å². The molecule has 2 rings (SSSR count). The van der Waals surface area contributed by atoms with Crippen molar-refractivity contribution in [2.75, 3.05) is 11.9 Å². The quantitative estimate of drug-likeness (QED) is 0.866. The summed E-state index contributed by atoms with van der Waals surface area (Å²) in [5.41, 5.74) is 0. The molecule has 0 aliphatic rings. The number of thiazole rings is 1. The van der Waals surface area contributed by atoms with E-state index in [0.29, 0.717) is 5.13 Å². The highest BCUT2D eigenvalue weighted by atomic mass is 32.2. The Hall–Kier alpha value is -1.29. The SMILES string of the molecule is O=C(CNS(=O)(=O)c1cccs1)Nc1nccs1. The first-order valence-corrected chi connectivity index (χ1v) is 8.05. The second-order valence-electron chi connectivity index (χ2n) is 3.14. The molecule has 6 nitrogen and oxygen atoms in total. The minimum atomic E-state index is -3.60. The first-order valence-electron chi connectivity index (χ1n) is 4.80. The number of anilines is 1. The molecule has 0 fully saturated rings. The fourth-order valence-electron chi connectivity index (χ4n) is 1.10. The van der Waals surface area contributed by atoms with Gasteiger partial charge in [0.25, 0.3) is 10.0 Å². The van der Waals surface area contributed by atoms with Crippen molar-refractivity contribution in [3.8, 4) is 0 Å². The van der Waals surface area contributed by atoms with E-state index in [-0.39, 0.29) is 10.8 Å². The van der Waals surface area contributed by atoms with Crippen molar-refractivity contribution in [3.63, 3.8) is 0 Å². The Labute approximate surface area is 112 Å². The van der Waals surface area contributed by atoms with Crippen molar-refractivity contribution in [1.82, 2.24) is 9.71 Å². The summed E-state index contributed by atoms with van der Waals surface area (Å²) in [5, 5.41) is 6.30. The molecule has 9 heteroatoms. The number of carbonyl (C=O) groups is 1. The third-order valence-electron chi connectivity index (χ3n) is 1.86. The Kier molecular flexibility index (Phi) is 4.07. The number of aromatic nitrogens is 1. The second-order valence-corrected chi connectivity index (χ2v) is 6.98. The highest BCUT2D eigenvalue weighted by Crippen LogP contribution is 2.15. The van der Waals surface area contributed by atoms with Gasteiger partial charge in [-0.25, -0.2) is 18.1 Å². The highest BCUT2D eigenvalue weighted by molar-refractivity contribution is 7.91. The lowest BCUT2D eigenvalue weighted by Gasteiger charge is -2.04. The molecule has 0 atom stereocenters. The maximum absolute atomic E-state index is 11.7. The van der Waals surface area contributed by atoms with E-state index in [1.54, 1.807) is 23.0 Å². The number of thiophene rings is 1. The third kappa shape index (κ3) is 3.35. The van der Waals surface area contributed by atoms with Gasteiger partial charge in [-0.1, -0.05) is 6.07 Å². The van der Waals surface area contributed by atoms with E-state index in [2.05, 4.69) is 15.0 Å². The van der Waals surface area contributed by atoms with Crippen LogP contribution in [0.1, 0.15) is 0 Å². The molecule has 0 radical (unpaired) electrons. The van der Waals surface area contributed by atoms with Gasteiger partial charge in [0.15, 0.2) is 5.13 Å². The molecule has 0 unspecified atom stereocenters. The monoisotopic (exact) mass is 303 g/mol. The van der Waals surface area contributed by atoms with E-state index in [0.717, 1.165) is 11.3 Å². The lowest BCUT2D eigenvalue weighted by Crippen LogP contribution is -2.32. The van der Waals surface area contributed by atoms with Crippen molar-refractivity contribution in [2.24, 2.45) is 0 Å². The molecule has 0 aliphatic heterocycles. The molecule has 18 heavy (non-hydrogen) atoms. The lowest BCUT2D eigenvalue weighted by atomic mass is 10.6. The number of nitrogens with zero attached hydrogens (tertiary/aromatic N) is 1. The zero-order valence-electron chi connectivity index (χ0n) is 8.99. The zero-order chi connectivity index (χ0) is 13.0. The van der Waals surface area contributed by atoms with Crippen molar-refractivity contribution in [3.05, 3.63) is 29.1 Å². The fourth-order valence-corrected chi connectivity index (χ4v) is 3.66. The Bertz CT molecular complexity index is 605. The van der Waals surface area contributed by atoms with Gasteiger partial charge >= 0.3 is 0 Å². The standard InChI is InChI=1S/C9H9N3O3S3/c13-7(12-9-10-3-5-17-9)6-11-18(14,15)8-2-1-4-16-8/h1-5,11H,6H2,(H,10,12,13). The van der Waals surface area contributed by atoms with Crippen LogP contribution in [0.3, 0.4) is 0 Å². The molecule has 2 aromatic rings. The normalized spacial score (nSPS) is 11.3. The van der Waals surface area contributed by atoms with Gasteiger partial charge in [-0.2, -0.15) is 0 Å². The number of rotatable bonds is 5. The van der Waals surface area contributed by atoms with E-state index >= 15 is 0 Å². The number of hydrogen-bond donors (Lipinski definition) is 2. The average Bonchev–Trinajstić information content (AvgIpc) is 2.99. The summed E-state index contributed by atoms with van der Waals surface area (Å²) in [6.45, 7) is -0.320. The van der Waals surface area contributed by atoms with Crippen molar-refractivity contribution < 1.29 is 13.2 Å². The van der Waals surface area contributed by atoms with Crippen LogP contribution in [-0.2, 0) is 14.8 Å². The van der Waals surface area contributed by atoms with Crippen LogP contribution in [0, 0.1) is 0 Å². The first-order chi connectivity index (χ1) is 8.58. The van der Waals surface area contributed by atoms with Crippen LogP contribution < -0.4 is 10.0 Å². The summed E-state index contributed by atoms with van der Waals surface area (Å²) >= 11 is 2.36. The molecule has 2 heterocycles. The molecule has 96 valence electrons. The first kappa shape index (κ1) is 13.1. The van der Waals surface area contributed by atoms with E-state index in [9.17, 15) is 13.2 Å². The van der Waals surface area contributed by atoms with Crippen LogP contribution in [0.4, 0.5) is 5.13 Å². The van der Waals surface area contributed by atoms with Gasteiger partial charge in [0, 0.05) is 11.6 Å². The number of amides is 1. The summed E-state index contributed by atoms with van der Waals surface area (Å²) in [7, 11) is -3.60. The number of nitrogens with one attached hydrogen (secondary N) is 2. The van der Waals surface area contributed by atoms with Crippen LogP contribution in [0.2, 0.25) is 0 Å². The number of sulfonamides is 1.